The van der Waals surface area contributed by atoms with Gasteiger partial charge in [-0.15, -0.1) is 0 Å². The first-order valence-electron chi connectivity index (χ1n) is 6.92. The van der Waals surface area contributed by atoms with Crippen LogP contribution in [0.25, 0.3) is 27.3 Å². The molecule has 2 aromatic heterocycles. The first-order chi connectivity index (χ1) is 9.65. The van der Waals surface area contributed by atoms with Crippen LogP contribution in [0.2, 0.25) is 0 Å². The van der Waals surface area contributed by atoms with Crippen LogP contribution in [0.3, 0.4) is 0 Å². The van der Waals surface area contributed by atoms with E-state index in [1.807, 2.05) is 0 Å². The van der Waals surface area contributed by atoms with Gasteiger partial charge in [0.2, 0.25) is 0 Å². The van der Waals surface area contributed by atoms with Gasteiger partial charge in [0.1, 0.15) is 0 Å². The molecule has 2 aromatic carbocycles. The Bertz CT molecular complexity index is 977. The molecule has 4 rings (SSSR count). The van der Waals surface area contributed by atoms with Crippen LogP contribution in [-0.2, 0) is 0 Å². The van der Waals surface area contributed by atoms with E-state index in [4.69, 9.17) is 4.98 Å². The highest BCUT2D eigenvalue weighted by molar-refractivity contribution is 6.01. The average Bonchev–Trinajstić information content (AvgIpc) is 2.81. The van der Waals surface area contributed by atoms with Gasteiger partial charge in [0.05, 0.1) is 22.2 Å². The van der Waals surface area contributed by atoms with Crippen LogP contribution < -0.4 is 0 Å². The second-order valence-electron chi connectivity index (χ2n) is 5.56. The average molecular weight is 260 g/mol. The Morgan fingerprint density at radius 2 is 1.70 bits per heavy atom. The highest BCUT2D eigenvalue weighted by Crippen LogP contribution is 2.28. The number of aryl methyl sites for hydroxylation is 3. The zero-order valence-electron chi connectivity index (χ0n) is 11.9. The number of fused-ring (bicyclic) bond motifs is 5. The van der Waals surface area contributed by atoms with Gasteiger partial charge in [-0.3, -0.25) is 0 Å². The minimum absolute atomic E-state index is 1.07. The SMILES string of the molecule is Cc1cc2nc(C)c3c4ccccc4cn3c2cc1C. The van der Waals surface area contributed by atoms with Crippen LogP contribution >= 0.6 is 0 Å². The van der Waals surface area contributed by atoms with Crippen LogP contribution in [0.4, 0.5) is 0 Å². The molecule has 2 heterocycles. The first-order valence-corrected chi connectivity index (χ1v) is 6.92. The maximum atomic E-state index is 4.81. The van der Waals surface area contributed by atoms with Crippen molar-refractivity contribution in [1.82, 2.24) is 9.38 Å². The van der Waals surface area contributed by atoms with E-state index in [1.54, 1.807) is 0 Å². The fourth-order valence-corrected chi connectivity index (χ4v) is 3.02. The van der Waals surface area contributed by atoms with E-state index < -0.39 is 0 Å². The van der Waals surface area contributed by atoms with Crippen molar-refractivity contribution in [2.24, 2.45) is 0 Å². The number of rotatable bonds is 0. The standard InChI is InChI=1S/C18H16N2/c1-11-8-16-17(9-12(11)2)20-10-14-6-4-5-7-15(14)18(20)13(3)19-16/h4-10H,1-3H3. The van der Waals surface area contributed by atoms with Gasteiger partial charge in [0.25, 0.3) is 0 Å². The molecule has 0 spiro atoms. The Hall–Kier alpha value is -2.35. The summed E-state index contributed by atoms with van der Waals surface area (Å²) in [5.74, 6) is 0. The number of hydrogen-bond donors (Lipinski definition) is 0. The van der Waals surface area contributed by atoms with Crippen LogP contribution in [-0.4, -0.2) is 9.38 Å². The summed E-state index contributed by atoms with van der Waals surface area (Å²) in [5.41, 5.74) is 7.16. The molecule has 0 saturated heterocycles. The Labute approximate surface area is 117 Å². The summed E-state index contributed by atoms with van der Waals surface area (Å²) in [6.45, 7) is 6.39. The van der Waals surface area contributed by atoms with Crippen molar-refractivity contribution in [2.45, 2.75) is 20.8 Å². The summed E-state index contributed by atoms with van der Waals surface area (Å²) in [4.78, 5) is 4.81. The second kappa shape index (κ2) is 3.83. The largest absolute Gasteiger partial charge is 0.312 e. The number of nitrogens with zero attached hydrogens (tertiary/aromatic N) is 2. The van der Waals surface area contributed by atoms with Crippen molar-refractivity contribution in [1.29, 1.82) is 0 Å². The fourth-order valence-electron chi connectivity index (χ4n) is 3.02. The summed E-state index contributed by atoms with van der Waals surface area (Å²) < 4.78 is 2.29. The molecule has 0 saturated carbocycles. The minimum Gasteiger partial charge on any atom is -0.312 e. The molecule has 98 valence electrons. The highest BCUT2D eigenvalue weighted by atomic mass is 14.9. The lowest BCUT2D eigenvalue weighted by Gasteiger charge is -2.08. The third-order valence-corrected chi connectivity index (χ3v) is 4.21. The zero-order chi connectivity index (χ0) is 13.9. The normalized spacial score (nSPS) is 11.8. The van der Waals surface area contributed by atoms with Crippen LogP contribution in [0.15, 0.2) is 42.6 Å². The van der Waals surface area contributed by atoms with Gasteiger partial charge in [0, 0.05) is 17.0 Å². The molecule has 20 heavy (non-hydrogen) atoms. The molecular weight excluding hydrogens is 244 g/mol. The van der Waals surface area contributed by atoms with Crippen molar-refractivity contribution in [3.05, 3.63) is 59.4 Å². The van der Waals surface area contributed by atoms with Crippen molar-refractivity contribution in [2.75, 3.05) is 0 Å². The molecular formula is C18H16N2. The monoisotopic (exact) mass is 260 g/mol. The lowest BCUT2D eigenvalue weighted by Crippen LogP contribution is -1.95. The lowest BCUT2D eigenvalue weighted by molar-refractivity contribution is 1.16. The zero-order valence-corrected chi connectivity index (χ0v) is 11.9. The van der Waals surface area contributed by atoms with E-state index >= 15 is 0 Å². The molecule has 0 fully saturated rings. The van der Waals surface area contributed by atoms with Gasteiger partial charge >= 0.3 is 0 Å². The maximum absolute atomic E-state index is 4.81. The predicted molar refractivity (Wildman–Crippen MR) is 84.4 cm³/mol. The lowest BCUT2D eigenvalue weighted by atomic mass is 10.1. The predicted octanol–water partition coefficient (Wildman–Crippen LogP) is 4.57. The summed E-state index contributed by atoms with van der Waals surface area (Å²) in [7, 11) is 0. The van der Waals surface area contributed by atoms with E-state index in [2.05, 4.69) is 67.8 Å². The molecule has 0 aliphatic carbocycles. The topological polar surface area (TPSA) is 17.3 Å². The van der Waals surface area contributed by atoms with Gasteiger partial charge < -0.3 is 4.40 Å². The molecule has 0 aliphatic rings. The molecule has 0 atom stereocenters. The van der Waals surface area contributed by atoms with Crippen molar-refractivity contribution < 1.29 is 0 Å². The molecule has 4 aromatic rings. The van der Waals surface area contributed by atoms with E-state index in [0.717, 1.165) is 11.2 Å². The van der Waals surface area contributed by atoms with Gasteiger partial charge in [-0.05, 0) is 44.0 Å². The summed E-state index contributed by atoms with van der Waals surface area (Å²) in [6, 6.07) is 12.9. The minimum atomic E-state index is 1.07. The Morgan fingerprint density at radius 3 is 2.55 bits per heavy atom. The highest BCUT2D eigenvalue weighted by Gasteiger charge is 2.10. The van der Waals surface area contributed by atoms with E-state index in [1.165, 1.54) is 32.9 Å². The van der Waals surface area contributed by atoms with Gasteiger partial charge in [-0.1, -0.05) is 24.3 Å². The quantitative estimate of drug-likeness (QED) is 0.453. The maximum Gasteiger partial charge on any atom is 0.0876 e. The van der Waals surface area contributed by atoms with Crippen molar-refractivity contribution in [3.8, 4) is 0 Å². The molecule has 0 bridgehead atoms. The third-order valence-electron chi connectivity index (χ3n) is 4.21. The Balaban J connectivity index is 2.32. The fraction of sp³-hybridized carbons (Fsp3) is 0.167. The van der Waals surface area contributed by atoms with E-state index in [-0.39, 0.29) is 0 Å². The summed E-state index contributed by atoms with van der Waals surface area (Å²) in [5, 5.41) is 2.54. The van der Waals surface area contributed by atoms with Gasteiger partial charge in [-0.25, -0.2) is 4.98 Å². The van der Waals surface area contributed by atoms with Gasteiger partial charge in [0.15, 0.2) is 0 Å². The Morgan fingerprint density at radius 1 is 0.950 bits per heavy atom. The summed E-state index contributed by atoms with van der Waals surface area (Å²) in [6.07, 6.45) is 2.22. The molecule has 2 nitrogen and oxygen atoms in total. The van der Waals surface area contributed by atoms with E-state index in [0.29, 0.717) is 0 Å². The molecule has 0 N–H and O–H groups in total. The molecule has 0 amide bonds. The first kappa shape index (κ1) is 11.5. The van der Waals surface area contributed by atoms with E-state index in [9.17, 15) is 0 Å². The summed E-state index contributed by atoms with van der Waals surface area (Å²) >= 11 is 0. The van der Waals surface area contributed by atoms with Crippen LogP contribution in [0.1, 0.15) is 16.8 Å². The van der Waals surface area contributed by atoms with Crippen molar-refractivity contribution in [3.63, 3.8) is 0 Å². The third kappa shape index (κ3) is 1.42. The van der Waals surface area contributed by atoms with Gasteiger partial charge in [-0.2, -0.15) is 0 Å². The number of aromatic nitrogens is 2. The number of benzene rings is 2. The van der Waals surface area contributed by atoms with Crippen LogP contribution in [0.5, 0.6) is 0 Å². The molecule has 0 unspecified atom stereocenters. The number of hydrogen-bond acceptors (Lipinski definition) is 1. The molecule has 2 heteroatoms. The smallest absolute Gasteiger partial charge is 0.0876 e. The van der Waals surface area contributed by atoms with Crippen molar-refractivity contribution >= 4 is 27.3 Å². The molecule has 0 radical (unpaired) electrons. The molecule has 0 aliphatic heterocycles. The second-order valence-corrected chi connectivity index (χ2v) is 5.56. The Kier molecular flexibility index (Phi) is 2.19. The van der Waals surface area contributed by atoms with Crippen LogP contribution in [0, 0.1) is 20.8 Å².